The summed E-state index contributed by atoms with van der Waals surface area (Å²) in [7, 11) is 9.21. The van der Waals surface area contributed by atoms with Crippen molar-refractivity contribution in [3.63, 3.8) is 0 Å². The number of anilines is 7. The Labute approximate surface area is 246 Å². The van der Waals surface area contributed by atoms with E-state index in [4.69, 9.17) is 16.3 Å². The highest BCUT2D eigenvalue weighted by Crippen LogP contribution is 2.39. The summed E-state index contributed by atoms with van der Waals surface area (Å²) >= 11 is 6.46. The lowest BCUT2D eigenvalue weighted by Crippen LogP contribution is -2.29. The topological polar surface area (TPSA) is 115 Å². The van der Waals surface area contributed by atoms with E-state index < -0.39 is 0 Å². The quantitative estimate of drug-likeness (QED) is 0.253. The number of aromatic nitrogens is 2. The molecule has 0 unspecified atom stereocenters. The highest BCUT2D eigenvalue weighted by molar-refractivity contribution is 6.33. The number of likely N-dealkylation sites (N-methyl/N-ethyl adjacent to an activating group) is 2. The van der Waals surface area contributed by atoms with Crippen molar-refractivity contribution in [3.8, 4) is 5.75 Å². The van der Waals surface area contributed by atoms with E-state index in [1.165, 1.54) is 19.2 Å². The van der Waals surface area contributed by atoms with Crippen LogP contribution in [0.15, 0.2) is 49.2 Å². The number of halogens is 1. The largest absolute Gasteiger partial charge is 0.494 e. The van der Waals surface area contributed by atoms with Crippen molar-refractivity contribution in [3.05, 3.63) is 59.8 Å². The Kier molecular flexibility index (Phi) is 10.5. The van der Waals surface area contributed by atoms with Gasteiger partial charge in [0.15, 0.2) is 5.82 Å². The van der Waals surface area contributed by atoms with Gasteiger partial charge in [-0.25, -0.2) is 4.98 Å². The molecule has 2 aromatic carbocycles. The van der Waals surface area contributed by atoms with E-state index >= 15 is 0 Å². The molecule has 12 heteroatoms. The maximum Gasteiger partial charge on any atom is 0.247 e. The van der Waals surface area contributed by atoms with Gasteiger partial charge in [-0.15, -0.1) is 0 Å². The molecule has 0 atom stereocenters. The van der Waals surface area contributed by atoms with Crippen LogP contribution in [0.2, 0.25) is 5.02 Å². The number of carbonyl (C=O) groups is 2. The highest BCUT2D eigenvalue weighted by atomic mass is 35.5. The van der Waals surface area contributed by atoms with E-state index in [2.05, 4.69) is 37.4 Å². The molecule has 0 aliphatic carbocycles. The number of benzene rings is 2. The Morgan fingerprint density at radius 2 is 1.80 bits per heavy atom. The van der Waals surface area contributed by atoms with Gasteiger partial charge in [-0.3, -0.25) is 9.59 Å². The summed E-state index contributed by atoms with van der Waals surface area (Å²) in [6, 6.07) is 9.24. The van der Waals surface area contributed by atoms with Gasteiger partial charge in [0.2, 0.25) is 17.8 Å². The predicted octanol–water partition coefficient (Wildman–Crippen LogP) is 5.04. The lowest BCUT2D eigenvalue weighted by molar-refractivity contribution is -0.116. The maximum atomic E-state index is 12.3. The SMILES string of the molecule is C=CC(=O)Nc1cc(Nc2ncc(Cl)c(Nc3cccc(C)c3N(C)C(C)=O)n2)c(OC)cc1N(C)CCN(C)C. The second-order valence-corrected chi connectivity index (χ2v) is 10.1. The third kappa shape index (κ3) is 7.86. The van der Waals surface area contributed by atoms with E-state index in [9.17, 15) is 9.59 Å². The molecular weight excluding hydrogens is 544 g/mol. The fraction of sp³-hybridized carbons (Fsp3) is 0.310. The molecule has 0 aliphatic heterocycles. The lowest BCUT2D eigenvalue weighted by atomic mass is 10.1. The van der Waals surface area contributed by atoms with Crippen molar-refractivity contribution in [2.45, 2.75) is 13.8 Å². The van der Waals surface area contributed by atoms with Crippen LogP contribution >= 0.6 is 11.6 Å². The summed E-state index contributed by atoms with van der Waals surface area (Å²) < 4.78 is 5.68. The van der Waals surface area contributed by atoms with Crippen LogP contribution in [0.5, 0.6) is 5.75 Å². The smallest absolute Gasteiger partial charge is 0.247 e. The molecule has 11 nitrogen and oxygen atoms in total. The molecular formula is C29H37ClN8O3. The molecule has 3 N–H and O–H groups in total. The van der Waals surface area contributed by atoms with Crippen LogP contribution in [0.25, 0.3) is 0 Å². The summed E-state index contributed by atoms with van der Waals surface area (Å²) in [5.74, 6) is 0.638. The third-order valence-electron chi connectivity index (χ3n) is 6.34. The van der Waals surface area contributed by atoms with Gasteiger partial charge in [-0.1, -0.05) is 30.3 Å². The first-order chi connectivity index (χ1) is 19.4. The number of ether oxygens (including phenoxy) is 1. The van der Waals surface area contributed by atoms with Crippen LogP contribution < -0.4 is 30.5 Å². The minimum absolute atomic E-state index is 0.110. The fourth-order valence-electron chi connectivity index (χ4n) is 4.03. The second-order valence-electron chi connectivity index (χ2n) is 9.68. The van der Waals surface area contributed by atoms with Gasteiger partial charge >= 0.3 is 0 Å². The van der Waals surface area contributed by atoms with Gasteiger partial charge in [0, 0.05) is 40.2 Å². The zero-order valence-electron chi connectivity index (χ0n) is 24.5. The Morgan fingerprint density at radius 3 is 2.44 bits per heavy atom. The number of amides is 2. The molecule has 1 heterocycles. The van der Waals surface area contributed by atoms with Crippen LogP contribution in [0.1, 0.15) is 12.5 Å². The number of hydrogen-bond acceptors (Lipinski definition) is 9. The number of hydrogen-bond donors (Lipinski definition) is 3. The van der Waals surface area contributed by atoms with Crippen LogP contribution in [0, 0.1) is 6.92 Å². The van der Waals surface area contributed by atoms with Crippen LogP contribution in [-0.2, 0) is 9.59 Å². The van der Waals surface area contributed by atoms with Gasteiger partial charge in [-0.05, 0) is 44.8 Å². The number of nitrogens with zero attached hydrogens (tertiary/aromatic N) is 5. The maximum absolute atomic E-state index is 12.3. The molecule has 0 saturated heterocycles. The first kappa shape index (κ1) is 31.2. The molecule has 218 valence electrons. The molecule has 1 aromatic heterocycles. The molecule has 0 fully saturated rings. The Morgan fingerprint density at radius 1 is 1.07 bits per heavy atom. The van der Waals surface area contributed by atoms with Gasteiger partial charge in [0.1, 0.15) is 10.8 Å². The zero-order chi connectivity index (χ0) is 30.3. The van der Waals surface area contributed by atoms with E-state index in [0.717, 1.165) is 24.3 Å². The number of aryl methyl sites for hydroxylation is 1. The summed E-state index contributed by atoms with van der Waals surface area (Å²) in [4.78, 5) is 39.0. The predicted molar refractivity (Wildman–Crippen MR) is 168 cm³/mol. The minimum atomic E-state index is -0.345. The number of carbonyl (C=O) groups excluding carboxylic acids is 2. The van der Waals surface area contributed by atoms with Crippen LogP contribution in [0.3, 0.4) is 0 Å². The fourth-order valence-corrected chi connectivity index (χ4v) is 4.17. The highest BCUT2D eigenvalue weighted by Gasteiger charge is 2.18. The van der Waals surface area contributed by atoms with Crippen molar-refractivity contribution in [2.75, 3.05) is 74.1 Å². The number of methoxy groups -OCH3 is 1. The van der Waals surface area contributed by atoms with Crippen molar-refractivity contribution in [1.82, 2.24) is 14.9 Å². The minimum Gasteiger partial charge on any atom is -0.494 e. The summed E-state index contributed by atoms with van der Waals surface area (Å²) in [5.41, 5.74) is 4.13. The van der Waals surface area contributed by atoms with Gasteiger partial charge < -0.3 is 35.4 Å². The zero-order valence-corrected chi connectivity index (χ0v) is 25.3. The monoisotopic (exact) mass is 580 g/mol. The van der Waals surface area contributed by atoms with Crippen molar-refractivity contribution < 1.29 is 14.3 Å². The molecule has 0 saturated carbocycles. The van der Waals surface area contributed by atoms with Crippen molar-refractivity contribution in [2.24, 2.45) is 0 Å². The average molecular weight is 581 g/mol. The van der Waals surface area contributed by atoms with E-state index in [-0.39, 0.29) is 22.8 Å². The standard InChI is InChI=1S/C29H37ClN8O3/c1-9-26(40)32-22-15-23(25(41-8)16-24(22)37(6)14-13-36(4)5)34-29-31-17-20(30)28(35-29)33-21-12-10-11-18(2)27(21)38(7)19(3)39/h9-12,15-17H,1,13-14H2,2-8H3,(H,32,40)(H2,31,33,34,35). The first-order valence-electron chi connectivity index (χ1n) is 12.9. The normalized spacial score (nSPS) is 10.7. The summed E-state index contributed by atoms with van der Waals surface area (Å²) in [6.45, 7) is 8.52. The van der Waals surface area contributed by atoms with Gasteiger partial charge in [0.05, 0.1) is 41.7 Å². The second kappa shape index (κ2) is 13.8. The molecule has 3 rings (SSSR count). The summed E-state index contributed by atoms with van der Waals surface area (Å²) in [5, 5.41) is 9.58. The third-order valence-corrected chi connectivity index (χ3v) is 6.62. The van der Waals surface area contributed by atoms with E-state index in [0.29, 0.717) is 34.3 Å². The summed E-state index contributed by atoms with van der Waals surface area (Å²) in [6.07, 6.45) is 2.68. The van der Waals surface area contributed by atoms with Gasteiger partial charge in [0.25, 0.3) is 0 Å². The van der Waals surface area contributed by atoms with Crippen molar-refractivity contribution >= 4 is 63.6 Å². The van der Waals surface area contributed by atoms with Gasteiger partial charge in [-0.2, -0.15) is 4.98 Å². The molecule has 41 heavy (non-hydrogen) atoms. The average Bonchev–Trinajstić information content (AvgIpc) is 2.93. The molecule has 0 aliphatic rings. The Balaban J connectivity index is 2.00. The number of rotatable bonds is 12. The van der Waals surface area contributed by atoms with E-state index in [1.807, 2.05) is 57.2 Å². The number of para-hydroxylation sites is 1. The molecule has 0 bridgehead atoms. The lowest BCUT2D eigenvalue weighted by Gasteiger charge is -2.26. The Hall–Kier alpha value is -4.35. The van der Waals surface area contributed by atoms with Crippen molar-refractivity contribution in [1.29, 1.82) is 0 Å². The number of nitrogens with one attached hydrogen (secondary N) is 3. The molecule has 0 radical (unpaired) electrons. The Bertz CT molecular complexity index is 1430. The van der Waals surface area contributed by atoms with E-state index in [1.54, 1.807) is 25.1 Å². The van der Waals surface area contributed by atoms with Crippen LogP contribution in [-0.4, -0.2) is 75.1 Å². The molecule has 0 spiro atoms. The molecule has 3 aromatic rings. The van der Waals surface area contributed by atoms with Crippen LogP contribution in [0.4, 0.5) is 40.2 Å². The first-order valence-corrected chi connectivity index (χ1v) is 13.2. The molecule has 2 amide bonds.